The molecule has 1 aromatic carbocycles. The topological polar surface area (TPSA) is 42.7 Å². The van der Waals surface area contributed by atoms with E-state index in [4.69, 9.17) is 0 Å². The van der Waals surface area contributed by atoms with Crippen LogP contribution < -0.4 is 5.32 Å². The smallest absolute Gasteiger partial charge is 0.162 e. The molecule has 0 unspecified atom stereocenters. The lowest BCUT2D eigenvalue weighted by atomic mass is 9.97. The van der Waals surface area contributed by atoms with Crippen LogP contribution in [-0.4, -0.2) is 14.8 Å². The highest BCUT2D eigenvalue weighted by atomic mass is 19.1. The zero-order valence-corrected chi connectivity index (χ0v) is 10.9. The summed E-state index contributed by atoms with van der Waals surface area (Å²) in [6, 6.07) is 3.46. The Morgan fingerprint density at radius 2 is 2.16 bits per heavy atom. The van der Waals surface area contributed by atoms with E-state index in [1.54, 1.807) is 12.4 Å². The van der Waals surface area contributed by atoms with Gasteiger partial charge in [0.2, 0.25) is 0 Å². The standard InChI is InChI=1S/C14H15FN4/c1-14(2)13-18-16-7-19(13)12-9(8-3-4-8)5-6-10(15)11(12)17-14/h5-8,17H,3-4H2,1-2H3. The van der Waals surface area contributed by atoms with Gasteiger partial charge in [-0.1, -0.05) is 6.07 Å². The number of fused-ring (bicyclic) bond motifs is 3. The summed E-state index contributed by atoms with van der Waals surface area (Å²) >= 11 is 0. The maximum Gasteiger partial charge on any atom is 0.162 e. The summed E-state index contributed by atoms with van der Waals surface area (Å²) in [4.78, 5) is 0. The van der Waals surface area contributed by atoms with Crippen LogP contribution in [0.2, 0.25) is 0 Å². The minimum absolute atomic E-state index is 0.216. The van der Waals surface area contributed by atoms with E-state index < -0.39 is 5.54 Å². The SMILES string of the molecule is CC1(C)Nc2c(F)ccc(C3CC3)c2-n2cnnc21. The van der Waals surface area contributed by atoms with E-state index in [0.29, 0.717) is 11.6 Å². The molecule has 0 saturated heterocycles. The van der Waals surface area contributed by atoms with Gasteiger partial charge in [-0.15, -0.1) is 10.2 Å². The van der Waals surface area contributed by atoms with E-state index in [1.807, 2.05) is 24.5 Å². The van der Waals surface area contributed by atoms with Gasteiger partial charge in [0.05, 0.1) is 16.9 Å². The summed E-state index contributed by atoms with van der Waals surface area (Å²) in [6.07, 6.45) is 4.04. The van der Waals surface area contributed by atoms with Crippen LogP contribution in [0.3, 0.4) is 0 Å². The number of hydrogen-bond acceptors (Lipinski definition) is 3. The van der Waals surface area contributed by atoms with Crippen molar-refractivity contribution < 1.29 is 4.39 Å². The molecule has 2 aliphatic rings. The van der Waals surface area contributed by atoms with Crippen molar-refractivity contribution in [2.45, 2.75) is 38.1 Å². The van der Waals surface area contributed by atoms with Crippen molar-refractivity contribution in [3.8, 4) is 5.69 Å². The molecule has 0 bridgehead atoms. The van der Waals surface area contributed by atoms with Crippen molar-refractivity contribution in [3.05, 3.63) is 35.7 Å². The first-order chi connectivity index (χ1) is 9.08. The number of rotatable bonds is 1. The van der Waals surface area contributed by atoms with Crippen molar-refractivity contribution >= 4 is 5.69 Å². The van der Waals surface area contributed by atoms with Crippen molar-refractivity contribution in [2.24, 2.45) is 0 Å². The Labute approximate surface area is 110 Å². The summed E-state index contributed by atoms with van der Waals surface area (Å²) in [7, 11) is 0. The lowest BCUT2D eigenvalue weighted by molar-refractivity contribution is 0.522. The molecule has 1 aromatic heterocycles. The second kappa shape index (κ2) is 3.35. The van der Waals surface area contributed by atoms with Crippen molar-refractivity contribution in [3.63, 3.8) is 0 Å². The number of halogens is 1. The van der Waals surface area contributed by atoms with Gasteiger partial charge < -0.3 is 5.32 Å². The maximum absolute atomic E-state index is 14.2. The molecule has 1 N–H and O–H groups in total. The van der Waals surface area contributed by atoms with E-state index in [0.717, 1.165) is 11.5 Å². The minimum Gasteiger partial charge on any atom is -0.369 e. The summed E-state index contributed by atoms with van der Waals surface area (Å²) < 4.78 is 16.1. The predicted molar refractivity (Wildman–Crippen MR) is 69.9 cm³/mol. The number of anilines is 1. The molecule has 1 aliphatic carbocycles. The van der Waals surface area contributed by atoms with Crippen LogP contribution in [0.4, 0.5) is 10.1 Å². The van der Waals surface area contributed by atoms with Gasteiger partial charge in [0.25, 0.3) is 0 Å². The van der Waals surface area contributed by atoms with Gasteiger partial charge >= 0.3 is 0 Å². The average Bonchev–Trinajstić information content (AvgIpc) is 3.06. The summed E-state index contributed by atoms with van der Waals surface area (Å²) in [5.74, 6) is 1.16. The number of aromatic nitrogens is 3. The molecule has 0 radical (unpaired) electrons. The quantitative estimate of drug-likeness (QED) is 0.855. The largest absolute Gasteiger partial charge is 0.369 e. The molecule has 0 amide bonds. The molecule has 2 aromatic rings. The Morgan fingerprint density at radius 1 is 1.37 bits per heavy atom. The second-order valence-electron chi connectivity index (χ2n) is 5.91. The van der Waals surface area contributed by atoms with Gasteiger partial charge in [-0.25, -0.2) is 4.39 Å². The van der Waals surface area contributed by atoms with Crippen LogP contribution in [0, 0.1) is 5.82 Å². The Balaban J connectivity index is 2.04. The highest BCUT2D eigenvalue weighted by Crippen LogP contribution is 2.47. The highest BCUT2D eigenvalue weighted by Gasteiger charge is 2.38. The zero-order valence-electron chi connectivity index (χ0n) is 10.9. The fourth-order valence-corrected chi connectivity index (χ4v) is 2.88. The third-order valence-electron chi connectivity index (χ3n) is 3.96. The van der Waals surface area contributed by atoms with Crippen molar-refractivity contribution in [2.75, 3.05) is 5.32 Å². The van der Waals surface area contributed by atoms with Crippen LogP contribution in [0.5, 0.6) is 0 Å². The first kappa shape index (κ1) is 11.0. The maximum atomic E-state index is 14.2. The first-order valence-electron chi connectivity index (χ1n) is 6.59. The molecule has 5 heteroatoms. The van der Waals surface area contributed by atoms with Crippen LogP contribution >= 0.6 is 0 Å². The molecule has 1 fully saturated rings. The van der Waals surface area contributed by atoms with Crippen LogP contribution in [0.25, 0.3) is 5.69 Å². The summed E-state index contributed by atoms with van der Waals surface area (Å²) in [6.45, 7) is 3.97. The second-order valence-corrected chi connectivity index (χ2v) is 5.91. The predicted octanol–water partition coefficient (Wildman–Crippen LogP) is 2.94. The van der Waals surface area contributed by atoms with Gasteiger partial charge in [-0.05, 0) is 44.2 Å². The summed E-state index contributed by atoms with van der Waals surface area (Å²) in [5, 5.41) is 11.5. The molecular weight excluding hydrogens is 243 g/mol. The van der Waals surface area contributed by atoms with Crippen molar-refractivity contribution in [1.29, 1.82) is 0 Å². The Kier molecular flexibility index (Phi) is 1.93. The zero-order chi connectivity index (χ0) is 13.2. The minimum atomic E-state index is -0.424. The number of nitrogens with zero attached hydrogens (tertiary/aromatic N) is 3. The van der Waals surface area contributed by atoms with E-state index in [-0.39, 0.29) is 5.82 Å². The Hall–Kier alpha value is -1.91. The molecule has 1 aliphatic heterocycles. The van der Waals surface area contributed by atoms with Gasteiger partial charge in [-0.2, -0.15) is 0 Å². The van der Waals surface area contributed by atoms with Crippen LogP contribution in [-0.2, 0) is 5.54 Å². The lowest BCUT2D eigenvalue weighted by Gasteiger charge is -2.34. The van der Waals surface area contributed by atoms with Crippen molar-refractivity contribution in [1.82, 2.24) is 14.8 Å². The third kappa shape index (κ3) is 1.44. The average molecular weight is 258 g/mol. The number of benzene rings is 1. The van der Waals surface area contributed by atoms with Crippen LogP contribution in [0.1, 0.15) is 44.0 Å². The van der Waals surface area contributed by atoms with Gasteiger partial charge in [-0.3, -0.25) is 4.57 Å². The molecule has 0 atom stereocenters. The van der Waals surface area contributed by atoms with Gasteiger partial charge in [0.1, 0.15) is 12.1 Å². The van der Waals surface area contributed by atoms with E-state index in [1.165, 1.54) is 18.4 Å². The highest BCUT2D eigenvalue weighted by molar-refractivity contribution is 5.70. The molecule has 0 spiro atoms. The molecular formula is C14H15FN4. The molecule has 19 heavy (non-hydrogen) atoms. The molecule has 4 nitrogen and oxygen atoms in total. The fourth-order valence-electron chi connectivity index (χ4n) is 2.88. The monoisotopic (exact) mass is 258 g/mol. The molecule has 1 saturated carbocycles. The number of hydrogen-bond donors (Lipinski definition) is 1. The normalized spacial score (nSPS) is 19.5. The Bertz CT molecular complexity index is 670. The third-order valence-corrected chi connectivity index (χ3v) is 3.96. The molecule has 98 valence electrons. The number of nitrogens with one attached hydrogen (secondary N) is 1. The first-order valence-corrected chi connectivity index (χ1v) is 6.59. The molecule has 2 heterocycles. The Morgan fingerprint density at radius 3 is 2.89 bits per heavy atom. The van der Waals surface area contributed by atoms with Crippen LogP contribution in [0.15, 0.2) is 18.5 Å². The van der Waals surface area contributed by atoms with E-state index in [9.17, 15) is 4.39 Å². The molecule has 4 rings (SSSR count). The van der Waals surface area contributed by atoms with Gasteiger partial charge in [0, 0.05) is 0 Å². The van der Waals surface area contributed by atoms with E-state index >= 15 is 0 Å². The van der Waals surface area contributed by atoms with Gasteiger partial charge in [0.15, 0.2) is 5.82 Å². The van der Waals surface area contributed by atoms with E-state index in [2.05, 4.69) is 15.5 Å². The summed E-state index contributed by atoms with van der Waals surface area (Å²) in [5.41, 5.74) is 2.23. The lowest BCUT2D eigenvalue weighted by Crippen LogP contribution is -2.36. The fraction of sp³-hybridized carbons (Fsp3) is 0.429.